The number of hydrogen-bond donors (Lipinski definition) is 0. The van der Waals surface area contributed by atoms with Gasteiger partial charge in [0.05, 0.1) is 12.8 Å². The van der Waals surface area contributed by atoms with Crippen LogP contribution in [0.25, 0.3) is 22.6 Å². The summed E-state index contributed by atoms with van der Waals surface area (Å²) in [5, 5.41) is 4.18. The fraction of sp³-hybridized carbons (Fsp3) is 0.409. The second kappa shape index (κ2) is 8.03. The fourth-order valence-corrected chi connectivity index (χ4v) is 4.32. The van der Waals surface area contributed by atoms with Crippen LogP contribution in [0.3, 0.4) is 0 Å². The van der Waals surface area contributed by atoms with E-state index < -0.39 is 4.51 Å². The number of nitrogens with zero attached hydrogens (tertiary/aromatic N) is 1. The molecule has 2 aromatic rings. The molecular formula is C22H26BrNO3. The van der Waals surface area contributed by atoms with Gasteiger partial charge in [-0.05, 0) is 45.9 Å². The zero-order valence-corrected chi connectivity index (χ0v) is 17.9. The minimum Gasteiger partial charge on any atom is -0.496 e. The van der Waals surface area contributed by atoms with E-state index >= 15 is 0 Å². The standard InChI is InChI=1S/C22H26BrNO3/c1-5-9-19(25)24(6-2)18-14-15-12-13-22(23,27-4)21(26-3)20(15)17-11-8-7-10-16(17)18/h7-8,10-12,14H,5-6,9,13H2,1-4H3. The molecule has 1 aliphatic carbocycles. The summed E-state index contributed by atoms with van der Waals surface area (Å²) in [4.78, 5) is 14.6. The lowest BCUT2D eigenvalue weighted by atomic mass is 9.96. The second-order valence-electron chi connectivity index (χ2n) is 6.67. The van der Waals surface area contributed by atoms with Crippen molar-refractivity contribution in [2.24, 2.45) is 0 Å². The summed E-state index contributed by atoms with van der Waals surface area (Å²) in [6.07, 6.45) is 4.18. The average molecular weight is 432 g/mol. The number of amides is 1. The maximum Gasteiger partial charge on any atom is 0.226 e. The van der Waals surface area contributed by atoms with E-state index in [0.29, 0.717) is 19.4 Å². The molecule has 1 atom stereocenters. The minimum atomic E-state index is -0.679. The monoisotopic (exact) mass is 431 g/mol. The van der Waals surface area contributed by atoms with Crippen molar-refractivity contribution in [2.75, 3.05) is 25.7 Å². The summed E-state index contributed by atoms with van der Waals surface area (Å²) in [5.41, 5.74) is 0.955. The molecule has 0 saturated heterocycles. The van der Waals surface area contributed by atoms with Gasteiger partial charge in [0.15, 0.2) is 4.51 Å². The largest absolute Gasteiger partial charge is 0.496 e. The van der Waals surface area contributed by atoms with Crippen molar-refractivity contribution >= 4 is 50.1 Å². The molecule has 27 heavy (non-hydrogen) atoms. The van der Waals surface area contributed by atoms with Crippen LogP contribution in [0, 0.1) is 0 Å². The van der Waals surface area contributed by atoms with Gasteiger partial charge >= 0.3 is 0 Å². The first kappa shape index (κ1) is 19.9. The number of carbonyl (C=O) groups is 1. The van der Waals surface area contributed by atoms with Crippen LogP contribution in [0.5, 0.6) is 0 Å². The van der Waals surface area contributed by atoms with Crippen molar-refractivity contribution in [3.63, 3.8) is 0 Å². The summed E-state index contributed by atoms with van der Waals surface area (Å²) in [6, 6.07) is 10.3. The van der Waals surface area contributed by atoms with E-state index in [2.05, 4.69) is 40.2 Å². The normalized spacial score (nSPS) is 18.8. The van der Waals surface area contributed by atoms with Crippen LogP contribution >= 0.6 is 15.9 Å². The molecule has 0 fully saturated rings. The molecule has 144 valence electrons. The molecule has 2 aromatic carbocycles. The molecule has 4 nitrogen and oxygen atoms in total. The second-order valence-corrected chi connectivity index (χ2v) is 7.95. The number of halogens is 1. The van der Waals surface area contributed by atoms with E-state index in [1.807, 2.05) is 30.9 Å². The first-order valence-electron chi connectivity index (χ1n) is 9.35. The highest BCUT2D eigenvalue weighted by Gasteiger charge is 2.35. The number of alkyl halides is 1. The van der Waals surface area contributed by atoms with Crippen LogP contribution in [-0.4, -0.2) is 31.2 Å². The van der Waals surface area contributed by atoms with Crippen LogP contribution < -0.4 is 15.3 Å². The predicted molar refractivity (Wildman–Crippen MR) is 114 cm³/mol. The van der Waals surface area contributed by atoms with E-state index in [0.717, 1.165) is 39.1 Å². The van der Waals surface area contributed by atoms with Crippen molar-refractivity contribution in [3.8, 4) is 0 Å². The van der Waals surface area contributed by atoms with Crippen molar-refractivity contribution < 1.29 is 14.3 Å². The van der Waals surface area contributed by atoms with E-state index in [-0.39, 0.29) is 5.91 Å². The lowest BCUT2D eigenvalue weighted by Crippen LogP contribution is -2.42. The van der Waals surface area contributed by atoms with E-state index in [9.17, 15) is 4.79 Å². The molecule has 0 spiro atoms. The Morgan fingerprint density at radius 3 is 2.52 bits per heavy atom. The van der Waals surface area contributed by atoms with Gasteiger partial charge in [-0.3, -0.25) is 4.79 Å². The van der Waals surface area contributed by atoms with Gasteiger partial charge in [0, 0.05) is 37.1 Å². The number of fused-ring (bicyclic) bond motifs is 3. The molecular weight excluding hydrogens is 406 g/mol. The molecule has 0 aromatic heterocycles. The topological polar surface area (TPSA) is 38.8 Å². The minimum absolute atomic E-state index is 0.156. The van der Waals surface area contributed by atoms with E-state index in [1.54, 1.807) is 14.2 Å². The highest BCUT2D eigenvalue weighted by atomic mass is 79.9. The molecule has 0 N–H and O–H groups in total. The van der Waals surface area contributed by atoms with Crippen LogP contribution in [0.4, 0.5) is 5.69 Å². The summed E-state index contributed by atoms with van der Waals surface area (Å²) >= 11 is 3.70. The molecule has 1 aliphatic rings. The van der Waals surface area contributed by atoms with Crippen LogP contribution in [0.2, 0.25) is 0 Å². The summed E-state index contributed by atoms with van der Waals surface area (Å²) in [5.74, 6) is 0.914. The molecule has 0 radical (unpaired) electrons. The van der Waals surface area contributed by atoms with Crippen molar-refractivity contribution in [1.29, 1.82) is 0 Å². The SMILES string of the molecule is CCCC(=O)N(CC)c1cc2c(c3ccccc13)=C(OC)C(Br)(OC)CC=2. The summed E-state index contributed by atoms with van der Waals surface area (Å²) in [7, 11) is 3.34. The highest BCUT2D eigenvalue weighted by Crippen LogP contribution is 2.36. The third kappa shape index (κ3) is 3.39. The Kier molecular flexibility index (Phi) is 5.92. The van der Waals surface area contributed by atoms with Crippen molar-refractivity contribution in [1.82, 2.24) is 0 Å². The summed E-state index contributed by atoms with van der Waals surface area (Å²) < 4.78 is 10.8. The molecule has 0 heterocycles. The molecule has 5 heteroatoms. The Bertz CT molecular complexity index is 985. The maximum atomic E-state index is 12.7. The van der Waals surface area contributed by atoms with Gasteiger partial charge in [0.2, 0.25) is 5.91 Å². The first-order chi connectivity index (χ1) is 13.0. The van der Waals surface area contributed by atoms with Crippen LogP contribution in [0.1, 0.15) is 33.1 Å². The Balaban J connectivity index is 2.40. The quantitative estimate of drug-likeness (QED) is 0.654. The van der Waals surface area contributed by atoms with Crippen LogP contribution in [0.15, 0.2) is 30.3 Å². The fourth-order valence-electron chi connectivity index (χ4n) is 3.80. The molecule has 1 unspecified atom stereocenters. The Labute approximate surface area is 168 Å². The van der Waals surface area contributed by atoms with Crippen molar-refractivity contribution in [3.05, 3.63) is 40.8 Å². The number of rotatable bonds is 6. The molecule has 0 bridgehead atoms. The molecule has 1 amide bonds. The number of ether oxygens (including phenoxy) is 2. The van der Waals surface area contributed by atoms with Gasteiger partial charge in [-0.15, -0.1) is 0 Å². The third-order valence-electron chi connectivity index (χ3n) is 5.10. The number of anilines is 1. The smallest absolute Gasteiger partial charge is 0.226 e. The van der Waals surface area contributed by atoms with Gasteiger partial charge in [-0.25, -0.2) is 0 Å². The van der Waals surface area contributed by atoms with E-state index in [1.165, 1.54) is 0 Å². The van der Waals surface area contributed by atoms with Gasteiger partial charge in [-0.1, -0.05) is 37.3 Å². The van der Waals surface area contributed by atoms with E-state index in [4.69, 9.17) is 9.47 Å². The number of benzene rings is 2. The van der Waals surface area contributed by atoms with Gasteiger partial charge in [0.1, 0.15) is 5.76 Å². The number of methoxy groups -OCH3 is 2. The Morgan fingerprint density at radius 2 is 1.93 bits per heavy atom. The maximum absolute atomic E-state index is 12.7. The zero-order chi connectivity index (χ0) is 19.6. The average Bonchev–Trinajstić information content (AvgIpc) is 2.69. The first-order valence-corrected chi connectivity index (χ1v) is 10.1. The predicted octanol–water partition coefficient (Wildman–Crippen LogP) is 3.67. The summed E-state index contributed by atoms with van der Waals surface area (Å²) in [6.45, 7) is 4.69. The molecule has 0 saturated carbocycles. The van der Waals surface area contributed by atoms with Crippen LogP contribution in [-0.2, 0) is 14.3 Å². The Morgan fingerprint density at radius 1 is 1.22 bits per heavy atom. The third-order valence-corrected chi connectivity index (χ3v) is 6.11. The Hall–Kier alpha value is -1.85. The lowest BCUT2D eigenvalue weighted by Gasteiger charge is -2.30. The van der Waals surface area contributed by atoms with Gasteiger partial charge in [0.25, 0.3) is 0 Å². The number of hydrogen-bond acceptors (Lipinski definition) is 3. The van der Waals surface area contributed by atoms with Crippen molar-refractivity contribution in [2.45, 2.75) is 37.6 Å². The molecule has 0 aliphatic heterocycles. The molecule has 3 rings (SSSR count). The lowest BCUT2D eigenvalue weighted by molar-refractivity contribution is -0.118. The zero-order valence-electron chi connectivity index (χ0n) is 16.3. The number of carbonyl (C=O) groups excluding carboxylic acids is 1. The van der Waals surface area contributed by atoms with Gasteiger partial charge in [-0.2, -0.15) is 0 Å². The highest BCUT2D eigenvalue weighted by molar-refractivity contribution is 9.10. The van der Waals surface area contributed by atoms with Gasteiger partial charge < -0.3 is 14.4 Å².